The number of aromatic nitrogens is 4. The summed E-state index contributed by atoms with van der Waals surface area (Å²) in [5, 5.41) is 8.47. The number of thioether (sulfide) groups is 1. The Morgan fingerprint density at radius 3 is 2.83 bits per heavy atom. The quantitative estimate of drug-likeness (QED) is 0.528. The normalized spacial score (nSPS) is 11.2. The van der Waals surface area contributed by atoms with E-state index in [1.807, 2.05) is 30.3 Å². The second kappa shape index (κ2) is 5.97. The molecule has 3 heterocycles. The summed E-state index contributed by atoms with van der Waals surface area (Å²) >= 11 is 1.33. The maximum absolute atomic E-state index is 12.0. The Labute approximate surface area is 140 Å². The molecule has 0 radical (unpaired) electrons. The average molecular weight is 340 g/mol. The predicted octanol–water partition coefficient (Wildman–Crippen LogP) is 2.94. The number of rotatable bonds is 4. The van der Waals surface area contributed by atoms with E-state index in [2.05, 4.69) is 15.2 Å². The summed E-state index contributed by atoms with van der Waals surface area (Å²) in [5.41, 5.74) is 1.74. The average Bonchev–Trinajstić information content (AvgIpc) is 3.20. The maximum Gasteiger partial charge on any atom is 0.287 e. The van der Waals surface area contributed by atoms with Crippen molar-refractivity contribution in [3.8, 4) is 11.5 Å². The fourth-order valence-corrected chi connectivity index (χ4v) is 2.90. The van der Waals surface area contributed by atoms with Crippen LogP contribution in [0.3, 0.4) is 0 Å². The minimum atomic E-state index is -0.251. The third kappa shape index (κ3) is 2.83. The molecule has 0 bridgehead atoms. The molecule has 0 fully saturated rings. The SMILES string of the molecule is Cc1cc2nc(CSc3nnc(-c4ccccc4)o3)cc(=O)n2o1. The van der Waals surface area contributed by atoms with Crippen LogP contribution in [0.5, 0.6) is 0 Å². The van der Waals surface area contributed by atoms with E-state index in [1.165, 1.54) is 22.4 Å². The second-order valence-corrected chi connectivity index (χ2v) is 6.04. The van der Waals surface area contributed by atoms with Crippen LogP contribution in [0.1, 0.15) is 11.5 Å². The fourth-order valence-electron chi connectivity index (χ4n) is 2.25. The highest BCUT2D eigenvalue weighted by Crippen LogP contribution is 2.25. The van der Waals surface area contributed by atoms with Crippen molar-refractivity contribution in [2.24, 2.45) is 0 Å². The number of hydrogen-bond donors (Lipinski definition) is 0. The maximum atomic E-state index is 12.0. The minimum absolute atomic E-state index is 0.251. The zero-order valence-corrected chi connectivity index (χ0v) is 13.5. The smallest absolute Gasteiger partial charge is 0.287 e. The van der Waals surface area contributed by atoms with Crippen LogP contribution in [-0.2, 0) is 5.75 Å². The van der Waals surface area contributed by atoms with Gasteiger partial charge in [0.05, 0.1) is 5.69 Å². The molecule has 4 rings (SSSR count). The van der Waals surface area contributed by atoms with Crippen LogP contribution in [-0.4, -0.2) is 19.8 Å². The van der Waals surface area contributed by atoms with Crippen LogP contribution in [0.15, 0.2) is 61.4 Å². The molecule has 0 amide bonds. The van der Waals surface area contributed by atoms with E-state index >= 15 is 0 Å². The van der Waals surface area contributed by atoms with Crippen LogP contribution in [0.25, 0.3) is 17.1 Å². The zero-order chi connectivity index (χ0) is 16.5. The van der Waals surface area contributed by atoms with E-state index in [0.29, 0.717) is 34.0 Å². The predicted molar refractivity (Wildman–Crippen MR) is 87.8 cm³/mol. The van der Waals surface area contributed by atoms with E-state index in [4.69, 9.17) is 8.94 Å². The Morgan fingerprint density at radius 1 is 1.17 bits per heavy atom. The van der Waals surface area contributed by atoms with Gasteiger partial charge in [0.2, 0.25) is 5.89 Å². The van der Waals surface area contributed by atoms with Gasteiger partial charge in [-0.1, -0.05) is 30.0 Å². The Balaban J connectivity index is 1.53. The first-order valence-corrected chi connectivity index (χ1v) is 8.19. The van der Waals surface area contributed by atoms with Crippen molar-refractivity contribution in [2.75, 3.05) is 0 Å². The third-order valence-corrected chi connectivity index (χ3v) is 4.15. The molecule has 8 heteroatoms. The standard InChI is InChI=1S/C16H12N4O3S/c1-10-7-13-17-12(8-14(21)20(13)23-10)9-24-16-19-18-15(22-16)11-5-3-2-4-6-11/h2-8H,9H2,1H3. The highest BCUT2D eigenvalue weighted by Gasteiger charge is 2.11. The molecule has 24 heavy (non-hydrogen) atoms. The first-order valence-electron chi connectivity index (χ1n) is 7.20. The molecule has 0 unspecified atom stereocenters. The molecular formula is C16H12N4O3S. The van der Waals surface area contributed by atoms with Crippen molar-refractivity contribution in [3.63, 3.8) is 0 Å². The van der Waals surface area contributed by atoms with Crippen LogP contribution in [0.4, 0.5) is 0 Å². The number of aryl methyl sites for hydroxylation is 1. The third-order valence-electron chi connectivity index (χ3n) is 3.29. The van der Waals surface area contributed by atoms with Crippen molar-refractivity contribution in [3.05, 3.63) is 64.3 Å². The highest BCUT2D eigenvalue weighted by molar-refractivity contribution is 7.98. The van der Waals surface area contributed by atoms with Crippen molar-refractivity contribution < 1.29 is 8.94 Å². The summed E-state index contributed by atoms with van der Waals surface area (Å²) in [4.78, 5) is 16.4. The number of fused-ring (bicyclic) bond motifs is 1. The Morgan fingerprint density at radius 2 is 2.00 bits per heavy atom. The fraction of sp³-hybridized carbons (Fsp3) is 0.125. The van der Waals surface area contributed by atoms with Gasteiger partial charge in [0.25, 0.3) is 10.8 Å². The molecule has 0 N–H and O–H groups in total. The summed E-state index contributed by atoms with van der Waals surface area (Å²) in [6.07, 6.45) is 0. The number of hydrogen-bond acceptors (Lipinski definition) is 7. The van der Waals surface area contributed by atoms with Crippen molar-refractivity contribution in [1.82, 2.24) is 19.8 Å². The van der Waals surface area contributed by atoms with Gasteiger partial charge in [0.1, 0.15) is 5.76 Å². The molecule has 0 saturated carbocycles. The molecule has 0 spiro atoms. The first kappa shape index (κ1) is 14.7. The lowest BCUT2D eigenvalue weighted by Gasteiger charge is -1.97. The van der Waals surface area contributed by atoms with E-state index < -0.39 is 0 Å². The molecule has 0 atom stereocenters. The van der Waals surface area contributed by atoms with Gasteiger partial charge >= 0.3 is 0 Å². The monoisotopic (exact) mass is 340 g/mol. The lowest BCUT2D eigenvalue weighted by molar-refractivity contribution is 0.344. The summed E-state index contributed by atoms with van der Waals surface area (Å²) in [6.45, 7) is 1.77. The van der Waals surface area contributed by atoms with Crippen molar-refractivity contribution >= 4 is 17.4 Å². The van der Waals surface area contributed by atoms with E-state index in [9.17, 15) is 4.79 Å². The van der Waals surface area contributed by atoms with Crippen LogP contribution in [0.2, 0.25) is 0 Å². The van der Waals surface area contributed by atoms with Crippen molar-refractivity contribution in [2.45, 2.75) is 17.9 Å². The summed E-state index contributed by atoms with van der Waals surface area (Å²) in [6, 6.07) is 12.7. The summed E-state index contributed by atoms with van der Waals surface area (Å²) in [7, 11) is 0. The molecule has 120 valence electrons. The topological polar surface area (TPSA) is 86.4 Å². The van der Waals surface area contributed by atoms with Crippen LogP contribution < -0.4 is 5.56 Å². The molecule has 7 nitrogen and oxygen atoms in total. The van der Waals surface area contributed by atoms with Gasteiger partial charge in [-0.15, -0.1) is 14.8 Å². The Hall–Kier alpha value is -2.87. The molecule has 0 aliphatic carbocycles. The largest absolute Gasteiger partial charge is 0.411 e. The van der Waals surface area contributed by atoms with E-state index in [-0.39, 0.29) is 5.56 Å². The first-order chi connectivity index (χ1) is 11.7. The molecule has 0 saturated heterocycles. The second-order valence-electron chi connectivity index (χ2n) is 5.11. The van der Waals surface area contributed by atoms with Crippen LogP contribution in [0, 0.1) is 6.92 Å². The molecule has 4 aromatic rings. The molecular weight excluding hydrogens is 328 g/mol. The lowest BCUT2D eigenvalue weighted by atomic mass is 10.2. The summed E-state index contributed by atoms with van der Waals surface area (Å²) < 4.78 is 12.1. The minimum Gasteiger partial charge on any atom is -0.411 e. The zero-order valence-electron chi connectivity index (χ0n) is 12.7. The van der Waals surface area contributed by atoms with E-state index in [0.717, 1.165) is 5.56 Å². The van der Waals surface area contributed by atoms with Crippen LogP contribution >= 0.6 is 11.8 Å². The molecule has 0 aliphatic rings. The van der Waals surface area contributed by atoms with Gasteiger partial charge in [0.15, 0.2) is 5.65 Å². The molecule has 0 aliphatic heterocycles. The summed E-state index contributed by atoms with van der Waals surface area (Å²) in [5.74, 6) is 1.55. The molecule has 1 aromatic carbocycles. The van der Waals surface area contributed by atoms with Crippen molar-refractivity contribution in [1.29, 1.82) is 0 Å². The lowest BCUT2D eigenvalue weighted by Crippen LogP contribution is -2.12. The molecule has 3 aromatic heterocycles. The Bertz CT molecular complexity index is 1050. The number of benzene rings is 1. The van der Waals surface area contributed by atoms with E-state index in [1.54, 1.807) is 13.0 Å². The van der Waals surface area contributed by atoms with Gasteiger partial charge in [-0.25, -0.2) is 4.98 Å². The van der Waals surface area contributed by atoms with Gasteiger partial charge in [-0.05, 0) is 19.1 Å². The highest BCUT2D eigenvalue weighted by atomic mass is 32.2. The van der Waals surface area contributed by atoms with Gasteiger partial charge < -0.3 is 8.94 Å². The number of nitrogens with zero attached hydrogens (tertiary/aromatic N) is 4. The van der Waals surface area contributed by atoms with Gasteiger partial charge in [-0.2, -0.15) is 0 Å². The Kier molecular flexibility index (Phi) is 3.66. The van der Waals surface area contributed by atoms with Gasteiger partial charge in [0, 0.05) is 23.4 Å². The van der Waals surface area contributed by atoms with Gasteiger partial charge in [-0.3, -0.25) is 4.79 Å².